The first-order chi connectivity index (χ1) is 15.3. The van der Waals surface area contributed by atoms with E-state index in [-0.39, 0.29) is 22.6 Å². The summed E-state index contributed by atoms with van der Waals surface area (Å²) < 4.78 is 35.0. The minimum absolute atomic E-state index is 0.140. The standard InChI is InChI=1S/C25H24F2N4O/c1-14-23(29)31-25(30-14)21-11-20(16-7-15(13-28)8-18(26)9-16)22(27)10-17(21)12-24(25)5-3-19(32-2)4-6-24/h7-11,19H,3-6,12H2,1-2H3,(H2,29,31)/t19?,24?,25-/m0/s1. The molecule has 1 heterocycles. The Morgan fingerprint density at radius 1 is 1.12 bits per heavy atom. The number of nitriles is 1. The molecule has 2 N–H and O–H groups in total. The minimum atomic E-state index is -0.914. The van der Waals surface area contributed by atoms with E-state index in [1.54, 1.807) is 13.2 Å². The van der Waals surface area contributed by atoms with E-state index in [1.165, 1.54) is 18.2 Å². The zero-order valence-corrected chi connectivity index (χ0v) is 18.1. The van der Waals surface area contributed by atoms with Crippen LogP contribution in [0, 0.1) is 28.4 Å². The van der Waals surface area contributed by atoms with Gasteiger partial charge in [0.1, 0.15) is 17.5 Å². The van der Waals surface area contributed by atoms with Gasteiger partial charge in [0, 0.05) is 23.7 Å². The summed E-state index contributed by atoms with van der Waals surface area (Å²) >= 11 is 0. The summed E-state index contributed by atoms with van der Waals surface area (Å²) in [5.41, 5.74) is 8.01. The second kappa shape index (κ2) is 7.21. The summed E-state index contributed by atoms with van der Waals surface area (Å²) in [7, 11) is 1.73. The van der Waals surface area contributed by atoms with E-state index in [2.05, 4.69) is 0 Å². The zero-order chi connectivity index (χ0) is 22.7. The lowest BCUT2D eigenvalue weighted by Gasteiger charge is -2.44. The number of hydrogen-bond donors (Lipinski definition) is 1. The third-order valence-corrected chi connectivity index (χ3v) is 7.38. The van der Waals surface area contributed by atoms with Crippen molar-refractivity contribution in [2.45, 2.75) is 50.8 Å². The maximum atomic E-state index is 15.3. The van der Waals surface area contributed by atoms with Gasteiger partial charge in [-0.05, 0) is 80.5 Å². The molecular weight excluding hydrogens is 410 g/mol. The molecule has 2 aromatic carbocycles. The largest absolute Gasteiger partial charge is 0.382 e. The molecule has 1 fully saturated rings. The van der Waals surface area contributed by atoms with Crippen molar-refractivity contribution < 1.29 is 13.5 Å². The molecule has 0 unspecified atom stereocenters. The SMILES string of the molecule is COC1CCC2(CC1)Cc1cc(F)c(-c3cc(F)cc(C#N)c3)cc1[C@@]21N=C(C)C(N)=N1. The zero-order valence-electron chi connectivity index (χ0n) is 18.1. The lowest BCUT2D eigenvalue weighted by molar-refractivity contribution is -0.000374. The van der Waals surface area contributed by atoms with E-state index in [9.17, 15) is 9.65 Å². The highest BCUT2D eigenvalue weighted by molar-refractivity contribution is 6.41. The first kappa shape index (κ1) is 20.8. The van der Waals surface area contributed by atoms with Gasteiger partial charge in [-0.15, -0.1) is 0 Å². The summed E-state index contributed by atoms with van der Waals surface area (Å²) in [5.74, 6) is -0.638. The van der Waals surface area contributed by atoms with E-state index < -0.39 is 17.3 Å². The van der Waals surface area contributed by atoms with Crippen LogP contribution in [-0.4, -0.2) is 24.8 Å². The summed E-state index contributed by atoms with van der Waals surface area (Å²) in [6, 6.07) is 9.06. The molecule has 1 aliphatic heterocycles. The number of ether oxygens (including phenoxy) is 1. The second-order valence-corrected chi connectivity index (χ2v) is 9.09. The number of rotatable bonds is 2. The van der Waals surface area contributed by atoms with Crippen LogP contribution in [0.15, 0.2) is 40.3 Å². The maximum Gasteiger partial charge on any atom is 0.184 e. The molecule has 0 aromatic heterocycles. The number of nitrogens with zero attached hydrogens (tertiary/aromatic N) is 3. The van der Waals surface area contributed by atoms with Crippen LogP contribution in [-0.2, 0) is 16.8 Å². The van der Waals surface area contributed by atoms with Crippen LogP contribution in [0.1, 0.15) is 49.3 Å². The first-order valence-corrected chi connectivity index (χ1v) is 10.8. The van der Waals surface area contributed by atoms with Gasteiger partial charge in [-0.3, -0.25) is 4.99 Å². The van der Waals surface area contributed by atoms with Crippen molar-refractivity contribution in [1.82, 2.24) is 0 Å². The van der Waals surface area contributed by atoms with Gasteiger partial charge in [-0.2, -0.15) is 5.26 Å². The van der Waals surface area contributed by atoms with E-state index in [0.29, 0.717) is 23.5 Å². The Hall–Kier alpha value is -3.11. The Morgan fingerprint density at radius 2 is 1.88 bits per heavy atom. The predicted molar refractivity (Wildman–Crippen MR) is 118 cm³/mol. The Balaban J connectivity index is 1.69. The molecule has 0 radical (unpaired) electrons. The maximum absolute atomic E-state index is 15.3. The van der Waals surface area contributed by atoms with Crippen LogP contribution in [0.2, 0.25) is 0 Å². The predicted octanol–water partition coefficient (Wildman–Crippen LogP) is 4.62. The average Bonchev–Trinajstić information content (AvgIpc) is 3.20. The van der Waals surface area contributed by atoms with E-state index in [1.807, 2.05) is 13.0 Å². The van der Waals surface area contributed by atoms with Crippen molar-refractivity contribution in [3.8, 4) is 17.2 Å². The molecular formula is C25H24F2N4O. The molecule has 32 heavy (non-hydrogen) atoms. The van der Waals surface area contributed by atoms with Gasteiger partial charge in [0.05, 0.1) is 23.4 Å². The summed E-state index contributed by atoms with van der Waals surface area (Å²) in [6.07, 6.45) is 4.27. The van der Waals surface area contributed by atoms with Crippen molar-refractivity contribution in [1.29, 1.82) is 5.26 Å². The lowest BCUT2D eigenvalue weighted by atomic mass is 9.65. The third-order valence-electron chi connectivity index (χ3n) is 7.38. The Kier molecular flexibility index (Phi) is 4.68. The molecule has 2 aliphatic carbocycles. The highest BCUT2D eigenvalue weighted by atomic mass is 19.1. The normalized spacial score (nSPS) is 28.5. The Labute approximate surface area is 185 Å². The van der Waals surface area contributed by atoms with E-state index >= 15 is 4.39 Å². The molecule has 2 spiro atoms. The van der Waals surface area contributed by atoms with Crippen molar-refractivity contribution >= 4 is 11.5 Å². The molecule has 0 bridgehead atoms. The van der Waals surface area contributed by atoms with Crippen molar-refractivity contribution in [3.05, 3.63) is 58.7 Å². The fourth-order valence-electron chi connectivity index (χ4n) is 5.73. The average molecular weight is 434 g/mol. The molecule has 1 atom stereocenters. The number of aliphatic imine (C=N–C) groups is 2. The van der Waals surface area contributed by atoms with Gasteiger partial charge in [0.15, 0.2) is 5.66 Å². The topological polar surface area (TPSA) is 83.8 Å². The van der Waals surface area contributed by atoms with Crippen LogP contribution in [0.25, 0.3) is 11.1 Å². The molecule has 5 nitrogen and oxygen atoms in total. The van der Waals surface area contributed by atoms with E-state index in [4.69, 9.17) is 20.5 Å². The fourth-order valence-corrected chi connectivity index (χ4v) is 5.73. The third kappa shape index (κ3) is 2.90. The van der Waals surface area contributed by atoms with Crippen molar-refractivity contribution in [3.63, 3.8) is 0 Å². The fraction of sp³-hybridized carbons (Fsp3) is 0.400. The molecule has 3 aliphatic rings. The molecule has 0 saturated heterocycles. The quantitative estimate of drug-likeness (QED) is 0.749. The van der Waals surface area contributed by atoms with Gasteiger partial charge >= 0.3 is 0 Å². The molecule has 2 aromatic rings. The highest BCUT2D eigenvalue weighted by Gasteiger charge is 2.61. The number of hydrogen-bond acceptors (Lipinski definition) is 5. The molecule has 1 saturated carbocycles. The number of methoxy groups -OCH3 is 1. The number of amidine groups is 1. The molecule has 7 heteroatoms. The van der Waals surface area contributed by atoms with Crippen LogP contribution in [0.3, 0.4) is 0 Å². The van der Waals surface area contributed by atoms with Crippen molar-refractivity contribution in [2.24, 2.45) is 21.1 Å². The van der Waals surface area contributed by atoms with Gasteiger partial charge in [-0.25, -0.2) is 13.8 Å². The number of benzene rings is 2. The van der Waals surface area contributed by atoms with Gasteiger partial charge in [0.2, 0.25) is 0 Å². The summed E-state index contributed by atoms with van der Waals surface area (Å²) in [6.45, 7) is 1.84. The minimum Gasteiger partial charge on any atom is -0.382 e. The molecule has 0 amide bonds. The Morgan fingerprint density at radius 3 is 2.50 bits per heavy atom. The number of nitrogens with two attached hydrogens (primary N) is 1. The Bertz CT molecular complexity index is 1200. The van der Waals surface area contributed by atoms with Gasteiger partial charge in [0.25, 0.3) is 0 Å². The molecule has 5 rings (SSSR count). The van der Waals surface area contributed by atoms with Crippen LogP contribution < -0.4 is 5.73 Å². The van der Waals surface area contributed by atoms with Crippen LogP contribution in [0.5, 0.6) is 0 Å². The highest BCUT2D eigenvalue weighted by Crippen LogP contribution is 2.62. The smallest absolute Gasteiger partial charge is 0.184 e. The lowest BCUT2D eigenvalue weighted by Crippen LogP contribution is -2.43. The number of halogens is 2. The summed E-state index contributed by atoms with van der Waals surface area (Å²) in [5, 5.41) is 9.22. The monoisotopic (exact) mass is 434 g/mol. The van der Waals surface area contributed by atoms with Crippen LogP contribution >= 0.6 is 0 Å². The van der Waals surface area contributed by atoms with Crippen molar-refractivity contribution in [2.75, 3.05) is 7.11 Å². The number of fused-ring (bicyclic) bond motifs is 3. The van der Waals surface area contributed by atoms with E-state index in [0.717, 1.165) is 42.9 Å². The summed E-state index contributed by atoms with van der Waals surface area (Å²) in [4.78, 5) is 9.87. The van der Waals surface area contributed by atoms with Gasteiger partial charge in [-0.1, -0.05) is 0 Å². The van der Waals surface area contributed by atoms with Crippen LogP contribution in [0.4, 0.5) is 8.78 Å². The molecule has 164 valence electrons. The van der Waals surface area contributed by atoms with Gasteiger partial charge < -0.3 is 10.5 Å². The second-order valence-electron chi connectivity index (χ2n) is 9.09. The first-order valence-electron chi connectivity index (χ1n) is 10.8.